The van der Waals surface area contributed by atoms with E-state index >= 15 is 0 Å². The third kappa shape index (κ3) is 2.91. The molecule has 0 unspecified atom stereocenters. The number of aryl methyl sites for hydroxylation is 1. The molecule has 0 saturated carbocycles. The van der Waals surface area contributed by atoms with Crippen LogP contribution in [0.2, 0.25) is 0 Å². The zero-order chi connectivity index (χ0) is 18.1. The Morgan fingerprint density at radius 3 is 2.76 bits per heavy atom. The first-order valence-electron chi connectivity index (χ1n) is 7.39. The minimum Gasteiger partial charge on any atom is -0.496 e. The zero-order valence-corrected chi connectivity index (χ0v) is 14.0. The van der Waals surface area contributed by atoms with E-state index in [0.29, 0.717) is 28.0 Å². The second-order valence-electron chi connectivity index (χ2n) is 5.36. The van der Waals surface area contributed by atoms with E-state index in [0.717, 1.165) is 5.56 Å². The summed E-state index contributed by atoms with van der Waals surface area (Å²) >= 11 is 0. The summed E-state index contributed by atoms with van der Waals surface area (Å²) in [6.45, 7) is 2.05. The van der Waals surface area contributed by atoms with Crippen LogP contribution in [-0.4, -0.2) is 45.0 Å². The minimum atomic E-state index is -0.452. The molecule has 0 spiro atoms. The predicted octanol–water partition coefficient (Wildman–Crippen LogP) is 1.27. The third-order valence-electron chi connectivity index (χ3n) is 3.78. The maximum Gasteiger partial charge on any atom is 0.337 e. The van der Waals surface area contributed by atoms with Crippen LogP contribution in [0.4, 0.5) is 5.95 Å². The number of esters is 1. The molecule has 3 N–H and O–H groups in total. The molecule has 130 valence electrons. The fourth-order valence-electron chi connectivity index (χ4n) is 2.62. The van der Waals surface area contributed by atoms with Gasteiger partial charge in [-0.3, -0.25) is 4.68 Å². The summed E-state index contributed by atoms with van der Waals surface area (Å²) in [5.74, 6) is -0.215. The summed E-state index contributed by atoms with van der Waals surface area (Å²) in [6, 6.07) is 4.97. The SMILES string of the molecule is COC(=O)c1ccc(Cn2nc(C)c3nc(N)nc(O)c32)c(OC)c1. The summed E-state index contributed by atoms with van der Waals surface area (Å²) in [4.78, 5) is 19.5. The van der Waals surface area contributed by atoms with Crippen molar-refractivity contribution in [2.24, 2.45) is 0 Å². The van der Waals surface area contributed by atoms with Gasteiger partial charge in [0, 0.05) is 5.56 Å². The van der Waals surface area contributed by atoms with Crippen molar-refractivity contribution in [3.05, 3.63) is 35.0 Å². The summed E-state index contributed by atoms with van der Waals surface area (Å²) in [6.07, 6.45) is 0. The number of hydrogen-bond donors (Lipinski definition) is 2. The standard InChI is InChI=1S/C16H17N5O4/c1-8-12-13(14(22)19-16(17)18-12)21(20-8)7-10-5-4-9(15(23)25-3)6-11(10)24-2/h4-6H,7H2,1-3H3,(H3,17,18,19,22). The van der Waals surface area contributed by atoms with Gasteiger partial charge in [0.2, 0.25) is 11.8 Å². The number of carbonyl (C=O) groups is 1. The zero-order valence-electron chi connectivity index (χ0n) is 14.0. The lowest BCUT2D eigenvalue weighted by molar-refractivity contribution is 0.0600. The molecule has 0 aliphatic heterocycles. The van der Waals surface area contributed by atoms with Crippen molar-refractivity contribution in [1.82, 2.24) is 19.7 Å². The molecule has 0 saturated heterocycles. The normalized spacial score (nSPS) is 10.8. The number of nitrogens with zero attached hydrogens (tertiary/aromatic N) is 4. The third-order valence-corrected chi connectivity index (χ3v) is 3.78. The van der Waals surface area contributed by atoms with Crippen molar-refractivity contribution < 1.29 is 19.4 Å². The lowest BCUT2D eigenvalue weighted by Gasteiger charge is -2.11. The number of ether oxygens (including phenoxy) is 2. The molecule has 0 amide bonds. The van der Waals surface area contributed by atoms with E-state index in [1.165, 1.54) is 14.2 Å². The molecule has 3 rings (SSSR count). The Morgan fingerprint density at radius 2 is 2.08 bits per heavy atom. The van der Waals surface area contributed by atoms with Crippen molar-refractivity contribution in [3.63, 3.8) is 0 Å². The molecule has 0 atom stereocenters. The maximum atomic E-state index is 11.6. The summed E-state index contributed by atoms with van der Waals surface area (Å²) < 4.78 is 11.6. The number of fused-ring (bicyclic) bond motifs is 1. The topological polar surface area (TPSA) is 125 Å². The van der Waals surface area contributed by atoms with Crippen LogP contribution in [-0.2, 0) is 11.3 Å². The number of anilines is 1. The predicted molar refractivity (Wildman–Crippen MR) is 89.6 cm³/mol. The Morgan fingerprint density at radius 1 is 1.32 bits per heavy atom. The van der Waals surface area contributed by atoms with Gasteiger partial charge in [-0.05, 0) is 19.1 Å². The highest BCUT2D eigenvalue weighted by Gasteiger charge is 2.17. The number of benzene rings is 1. The molecule has 0 radical (unpaired) electrons. The molecule has 2 heterocycles. The Bertz CT molecular complexity index is 967. The van der Waals surface area contributed by atoms with Crippen LogP contribution < -0.4 is 10.5 Å². The maximum absolute atomic E-state index is 11.6. The first-order valence-corrected chi connectivity index (χ1v) is 7.39. The van der Waals surface area contributed by atoms with E-state index in [2.05, 4.69) is 15.1 Å². The number of carbonyl (C=O) groups excluding carboxylic acids is 1. The molecule has 9 heteroatoms. The van der Waals surface area contributed by atoms with Crippen molar-refractivity contribution in [1.29, 1.82) is 0 Å². The average molecular weight is 343 g/mol. The van der Waals surface area contributed by atoms with Crippen LogP contribution >= 0.6 is 0 Å². The van der Waals surface area contributed by atoms with Gasteiger partial charge in [0.05, 0.1) is 32.0 Å². The molecule has 25 heavy (non-hydrogen) atoms. The van der Waals surface area contributed by atoms with Gasteiger partial charge in [-0.15, -0.1) is 0 Å². The van der Waals surface area contributed by atoms with Crippen molar-refractivity contribution >= 4 is 23.0 Å². The van der Waals surface area contributed by atoms with E-state index in [1.807, 2.05) is 0 Å². The van der Waals surface area contributed by atoms with Gasteiger partial charge in [-0.1, -0.05) is 6.07 Å². The van der Waals surface area contributed by atoms with E-state index in [9.17, 15) is 9.90 Å². The van der Waals surface area contributed by atoms with Crippen LogP contribution in [0.5, 0.6) is 11.6 Å². The molecule has 1 aromatic carbocycles. The summed E-state index contributed by atoms with van der Waals surface area (Å²) in [5, 5.41) is 14.5. The van der Waals surface area contributed by atoms with Gasteiger partial charge in [0.25, 0.3) is 0 Å². The number of aromatic hydroxyl groups is 1. The highest BCUT2D eigenvalue weighted by Crippen LogP contribution is 2.27. The van der Waals surface area contributed by atoms with Gasteiger partial charge < -0.3 is 20.3 Å². The lowest BCUT2D eigenvalue weighted by Crippen LogP contribution is -2.07. The quantitative estimate of drug-likeness (QED) is 0.678. The second kappa shape index (κ2) is 6.27. The number of hydrogen-bond acceptors (Lipinski definition) is 8. The number of nitrogen functional groups attached to an aromatic ring is 1. The smallest absolute Gasteiger partial charge is 0.337 e. The Balaban J connectivity index is 2.06. The lowest BCUT2D eigenvalue weighted by atomic mass is 10.1. The van der Waals surface area contributed by atoms with Gasteiger partial charge in [-0.2, -0.15) is 10.1 Å². The fourth-order valence-corrected chi connectivity index (χ4v) is 2.62. The number of aromatic nitrogens is 4. The van der Waals surface area contributed by atoms with Crippen LogP contribution in [0.3, 0.4) is 0 Å². The largest absolute Gasteiger partial charge is 0.496 e. The molecular formula is C16H17N5O4. The summed E-state index contributed by atoms with van der Waals surface area (Å²) in [5.41, 5.74) is 8.19. The van der Waals surface area contributed by atoms with Crippen LogP contribution in [0.25, 0.3) is 11.0 Å². The van der Waals surface area contributed by atoms with E-state index in [4.69, 9.17) is 15.2 Å². The first-order chi connectivity index (χ1) is 11.9. The van der Waals surface area contributed by atoms with Gasteiger partial charge in [0.15, 0.2) is 0 Å². The van der Waals surface area contributed by atoms with E-state index in [-0.39, 0.29) is 18.4 Å². The van der Waals surface area contributed by atoms with Gasteiger partial charge >= 0.3 is 5.97 Å². The monoisotopic (exact) mass is 343 g/mol. The number of nitrogens with two attached hydrogens (primary N) is 1. The molecule has 0 aliphatic rings. The molecule has 3 aromatic rings. The van der Waals surface area contributed by atoms with Gasteiger partial charge in [-0.25, -0.2) is 9.78 Å². The van der Waals surface area contributed by atoms with E-state index < -0.39 is 5.97 Å². The molecule has 0 fully saturated rings. The van der Waals surface area contributed by atoms with Crippen molar-refractivity contribution in [2.45, 2.75) is 13.5 Å². The van der Waals surface area contributed by atoms with E-state index in [1.54, 1.807) is 29.8 Å². The molecule has 0 aliphatic carbocycles. The molecule has 9 nitrogen and oxygen atoms in total. The highest BCUT2D eigenvalue weighted by atomic mass is 16.5. The van der Waals surface area contributed by atoms with Crippen LogP contribution in [0, 0.1) is 6.92 Å². The van der Waals surface area contributed by atoms with Gasteiger partial charge in [0.1, 0.15) is 16.8 Å². The molecule has 0 bridgehead atoms. The fraction of sp³-hybridized carbons (Fsp3) is 0.250. The number of methoxy groups -OCH3 is 2. The Labute approximate surface area is 143 Å². The highest BCUT2D eigenvalue weighted by molar-refractivity contribution is 5.90. The summed E-state index contributed by atoms with van der Waals surface area (Å²) in [7, 11) is 2.82. The van der Waals surface area contributed by atoms with Crippen molar-refractivity contribution in [2.75, 3.05) is 20.0 Å². The Kier molecular flexibility index (Phi) is 4.14. The van der Waals surface area contributed by atoms with Crippen molar-refractivity contribution in [3.8, 4) is 11.6 Å². The molecule has 2 aromatic heterocycles. The second-order valence-corrected chi connectivity index (χ2v) is 5.36. The van der Waals surface area contributed by atoms with Crippen LogP contribution in [0.1, 0.15) is 21.6 Å². The molecular weight excluding hydrogens is 326 g/mol. The minimum absolute atomic E-state index is 0.0207. The first kappa shape index (κ1) is 16.5. The average Bonchev–Trinajstić information content (AvgIpc) is 2.90. The number of rotatable bonds is 4. The Hall–Kier alpha value is -3.36. The van der Waals surface area contributed by atoms with Crippen LogP contribution in [0.15, 0.2) is 18.2 Å².